The number of aliphatic hydroxyl groups is 1. The molecule has 1 aliphatic rings. The first-order valence-electron chi connectivity index (χ1n) is 5.77. The van der Waals surface area contributed by atoms with Crippen LogP contribution in [0, 0.1) is 6.92 Å². The highest BCUT2D eigenvalue weighted by molar-refractivity contribution is 5.91. The first kappa shape index (κ1) is 12.1. The minimum Gasteiger partial charge on any atom is -0.395 e. The van der Waals surface area contributed by atoms with E-state index in [-0.39, 0.29) is 25.1 Å². The smallest absolute Gasteiger partial charge is 0.240 e. The summed E-state index contributed by atoms with van der Waals surface area (Å²) in [6.45, 7) is 3.04. The fourth-order valence-electron chi connectivity index (χ4n) is 2.09. The lowest BCUT2D eigenvalue weighted by Gasteiger charge is -2.21. The standard InChI is InChI=1S/C11H17N3O3/c1-8-5-11(17-13-8)12-10(16)6-14-4-2-3-9(14)7-15/h5,9,15H,2-4,6-7H2,1H3,(H,12,16)/t9-/m1/s1. The summed E-state index contributed by atoms with van der Waals surface area (Å²) in [6.07, 6.45) is 1.98. The summed E-state index contributed by atoms with van der Waals surface area (Å²) in [5.41, 5.74) is 0.731. The minimum atomic E-state index is -0.137. The van der Waals surface area contributed by atoms with Gasteiger partial charge >= 0.3 is 0 Å². The van der Waals surface area contributed by atoms with Crippen molar-refractivity contribution < 1.29 is 14.4 Å². The predicted octanol–water partition coefficient (Wildman–Crippen LogP) is 0.378. The van der Waals surface area contributed by atoms with Crippen LogP contribution in [0.5, 0.6) is 0 Å². The van der Waals surface area contributed by atoms with E-state index in [1.807, 2.05) is 4.90 Å². The van der Waals surface area contributed by atoms with Gasteiger partial charge in [0.25, 0.3) is 0 Å². The van der Waals surface area contributed by atoms with E-state index in [0.717, 1.165) is 25.1 Å². The van der Waals surface area contributed by atoms with Crippen LogP contribution >= 0.6 is 0 Å². The van der Waals surface area contributed by atoms with Crippen LogP contribution in [0.25, 0.3) is 0 Å². The van der Waals surface area contributed by atoms with Crippen molar-refractivity contribution in [2.24, 2.45) is 0 Å². The maximum Gasteiger partial charge on any atom is 0.240 e. The Balaban J connectivity index is 1.85. The average Bonchev–Trinajstić information content (AvgIpc) is 2.87. The van der Waals surface area contributed by atoms with Crippen LogP contribution in [0.2, 0.25) is 0 Å². The summed E-state index contributed by atoms with van der Waals surface area (Å²) in [4.78, 5) is 13.7. The summed E-state index contributed by atoms with van der Waals surface area (Å²) in [5.74, 6) is 0.230. The molecule has 0 spiro atoms. The topological polar surface area (TPSA) is 78.6 Å². The number of nitrogens with zero attached hydrogens (tertiary/aromatic N) is 2. The SMILES string of the molecule is Cc1cc(NC(=O)CN2CCC[C@@H]2CO)on1. The number of carbonyl (C=O) groups excluding carboxylic acids is 1. The summed E-state index contributed by atoms with van der Waals surface area (Å²) in [5, 5.41) is 15.5. The Bertz CT molecular complexity index is 391. The Morgan fingerprint density at radius 1 is 1.76 bits per heavy atom. The monoisotopic (exact) mass is 239 g/mol. The summed E-state index contributed by atoms with van der Waals surface area (Å²) in [7, 11) is 0. The predicted molar refractivity (Wildman–Crippen MR) is 61.6 cm³/mol. The van der Waals surface area contributed by atoms with E-state index < -0.39 is 0 Å². The minimum absolute atomic E-state index is 0.106. The quantitative estimate of drug-likeness (QED) is 0.794. The lowest BCUT2D eigenvalue weighted by molar-refractivity contribution is -0.117. The van der Waals surface area contributed by atoms with Gasteiger partial charge in [0.1, 0.15) is 0 Å². The van der Waals surface area contributed by atoms with Crippen molar-refractivity contribution in [2.45, 2.75) is 25.8 Å². The highest BCUT2D eigenvalue weighted by Gasteiger charge is 2.25. The zero-order chi connectivity index (χ0) is 12.3. The van der Waals surface area contributed by atoms with Crippen molar-refractivity contribution in [1.29, 1.82) is 0 Å². The molecule has 1 aliphatic heterocycles. The fraction of sp³-hybridized carbons (Fsp3) is 0.636. The van der Waals surface area contributed by atoms with Gasteiger partial charge < -0.3 is 9.63 Å². The Kier molecular flexibility index (Phi) is 3.75. The molecule has 0 saturated carbocycles. The first-order valence-corrected chi connectivity index (χ1v) is 5.77. The molecule has 0 unspecified atom stereocenters. The molecule has 94 valence electrons. The molecule has 2 N–H and O–H groups in total. The molecule has 1 saturated heterocycles. The van der Waals surface area contributed by atoms with Crippen molar-refractivity contribution in [3.8, 4) is 0 Å². The van der Waals surface area contributed by atoms with E-state index in [1.165, 1.54) is 0 Å². The number of likely N-dealkylation sites (tertiary alicyclic amines) is 1. The van der Waals surface area contributed by atoms with E-state index >= 15 is 0 Å². The third-order valence-electron chi connectivity index (χ3n) is 2.95. The van der Waals surface area contributed by atoms with Crippen molar-refractivity contribution in [2.75, 3.05) is 25.0 Å². The van der Waals surface area contributed by atoms with Gasteiger partial charge in [-0.25, -0.2) is 0 Å². The van der Waals surface area contributed by atoms with Crippen LogP contribution in [-0.4, -0.2) is 46.8 Å². The van der Waals surface area contributed by atoms with E-state index in [2.05, 4.69) is 10.5 Å². The molecule has 0 aliphatic carbocycles. The van der Waals surface area contributed by atoms with Crippen molar-refractivity contribution in [3.05, 3.63) is 11.8 Å². The molecule has 1 fully saturated rings. The second-order valence-electron chi connectivity index (χ2n) is 4.33. The number of aryl methyl sites for hydroxylation is 1. The maximum absolute atomic E-state index is 11.7. The fourth-order valence-corrected chi connectivity index (χ4v) is 2.09. The number of hydrogen-bond donors (Lipinski definition) is 2. The molecule has 0 aromatic carbocycles. The van der Waals surface area contributed by atoms with Gasteiger partial charge in [0.05, 0.1) is 18.8 Å². The Morgan fingerprint density at radius 2 is 2.59 bits per heavy atom. The van der Waals surface area contributed by atoms with Gasteiger partial charge in [-0.1, -0.05) is 5.16 Å². The zero-order valence-electron chi connectivity index (χ0n) is 9.85. The average molecular weight is 239 g/mol. The second-order valence-corrected chi connectivity index (χ2v) is 4.33. The molecule has 2 heterocycles. The van der Waals surface area contributed by atoms with E-state index in [9.17, 15) is 4.79 Å². The molecule has 6 nitrogen and oxygen atoms in total. The summed E-state index contributed by atoms with van der Waals surface area (Å²) < 4.78 is 4.90. The van der Waals surface area contributed by atoms with E-state index in [1.54, 1.807) is 13.0 Å². The number of aliphatic hydroxyl groups excluding tert-OH is 1. The number of hydrogen-bond acceptors (Lipinski definition) is 5. The summed E-state index contributed by atoms with van der Waals surface area (Å²) in [6, 6.07) is 1.78. The van der Waals surface area contributed by atoms with Crippen molar-refractivity contribution in [1.82, 2.24) is 10.1 Å². The number of carbonyl (C=O) groups is 1. The molecule has 17 heavy (non-hydrogen) atoms. The van der Waals surface area contributed by atoms with Gasteiger partial charge in [0.15, 0.2) is 0 Å². The number of rotatable bonds is 4. The molecule has 1 aromatic heterocycles. The van der Waals surface area contributed by atoms with Crippen LogP contribution < -0.4 is 5.32 Å². The summed E-state index contributed by atoms with van der Waals surface area (Å²) >= 11 is 0. The molecule has 1 amide bonds. The Labute approximate surface area is 99.6 Å². The van der Waals surface area contributed by atoms with Crippen LogP contribution in [0.1, 0.15) is 18.5 Å². The van der Waals surface area contributed by atoms with E-state index in [0.29, 0.717) is 5.88 Å². The number of nitrogens with one attached hydrogen (secondary N) is 1. The van der Waals surface area contributed by atoms with Gasteiger partial charge in [0.2, 0.25) is 11.8 Å². The molecular formula is C11H17N3O3. The largest absolute Gasteiger partial charge is 0.395 e. The van der Waals surface area contributed by atoms with Gasteiger partial charge in [-0.3, -0.25) is 15.0 Å². The molecular weight excluding hydrogens is 222 g/mol. The molecule has 0 radical (unpaired) electrons. The van der Waals surface area contributed by atoms with Gasteiger partial charge in [-0.2, -0.15) is 0 Å². The van der Waals surface area contributed by atoms with Gasteiger partial charge in [-0.15, -0.1) is 0 Å². The number of anilines is 1. The third-order valence-corrected chi connectivity index (χ3v) is 2.95. The second kappa shape index (κ2) is 5.29. The van der Waals surface area contributed by atoms with Crippen molar-refractivity contribution in [3.63, 3.8) is 0 Å². The highest BCUT2D eigenvalue weighted by Crippen LogP contribution is 2.16. The Morgan fingerprint density at radius 3 is 3.24 bits per heavy atom. The van der Waals surface area contributed by atoms with Crippen LogP contribution in [0.3, 0.4) is 0 Å². The molecule has 6 heteroatoms. The normalized spacial score (nSPS) is 20.7. The lowest BCUT2D eigenvalue weighted by Crippen LogP contribution is -2.38. The van der Waals surface area contributed by atoms with Gasteiger partial charge in [-0.05, 0) is 26.3 Å². The van der Waals surface area contributed by atoms with Crippen molar-refractivity contribution >= 4 is 11.8 Å². The highest BCUT2D eigenvalue weighted by atomic mass is 16.5. The molecule has 1 atom stereocenters. The first-order chi connectivity index (χ1) is 8.19. The van der Waals surface area contributed by atoms with Crippen LogP contribution in [0.4, 0.5) is 5.88 Å². The van der Waals surface area contributed by atoms with Crippen LogP contribution in [0.15, 0.2) is 10.6 Å². The Hall–Kier alpha value is -1.40. The van der Waals surface area contributed by atoms with Crippen LogP contribution in [-0.2, 0) is 4.79 Å². The molecule has 2 rings (SSSR count). The molecule has 0 bridgehead atoms. The number of amides is 1. The van der Waals surface area contributed by atoms with E-state index in [4.69, 9.17) is 9.63 Å². The number of aromatic nitrogens is 1. The lowest BCUT2D eigenvalue weighted by atomic mass is 10.2. The third kappa shape index (κ3) is 3.04. The van der Waals surface area contributed by atoms with Gasteiger partial charge in [0, 0.05) is 12.1 Å². The maximum atomic E-state index is 11.7. The molecule has 1 aromatic rings. The zero-order valence-corrected chi connectivity index (χ0v) is 9.85.